The molecule has 0 fully saturated rings. The number of alkyl halides is 2. The molecule has 1 unspecified atom stereocenters. The van der Waals surface area contributed by atoms with Crippen LogP contribution in [-0.4, -0.2) is 40.1 Å². The van der Waals surface area contributed by atoms with Gasteiger partial charge in [-0.15, -0.1) is 0 Å². The molecular weight excluding hydrogens is 585 g/mol. The third kappa shape index (κ3) is 9.02. The van der Waals surface area contributed by atoms with Crippen molar-refractivity contribution in [3.8, 4) is 0 Å². The summed E-state index contributed by atoms with van der Waals surface area (Å²) in [4.78, 5) is 13.2. The van der Waals surface area contributed by atoms with E-state index in [2.05, 4.69) is 10.0 Å². The predicted octanol–water partition coefficient (Wildman–Crippen LogP) is 6.03. The van der Waals surface area contributed by atoms with Gasteiger partial charge < -0.3 is 14.4 Å². The van der Waals surface area contributed by atoms with Crippen LogP contribution in [0.3, 0.4) is 0 Å². The number of amides is 1. The Morgan fingerprint density at radius 1 is 0.857 bits per heavy atom. The fourth-order valence-electron chi connectivity index (χ4n) is 4.25. The Hall–Kier alpha value is -2.95. The SMILES string of the molecule is CCOP(=O)(OCC)C(F)(F)c1ccc(CC(NS(=O)(=O)c2ccccc2)C(=O)NCCCCc2ccccc2)cc1. The quantitative estimate of drug-likeness (QED) is 0.141. The summed E-state index contributed by atoms with van der Waals surface area (Å²) in [6.45, 7) is 2.77. The van der Waals surface area contributed by atoms with Crippen LogP contribution in [0.25, 0.3) is 0 Å². The predicted molar refractivity (Wildman–Crippen MR) is 158 cm³/mol. The van der Waals surface area contributed by atoms with Crippen LogP contribution in [0.2, 0.25) is 0 Å². The molecule has 1 atom stereocenters. The highest BCUT2D eigenvalue weighted by molar-refractivity contribution is 7.89. The van der Waals surface area contributed by atoms with E-state index in [0.29, 0.717) is 18.5 Å². The number of benzene rings is 3. The Kier molecular flexibility index (Phi) is 12.4. The molecule has 0 aliphatic carbocycles. The van der Waals surface area contributed by atoms with E-state index in [1.807, 2.05) is 30.3 Å². The van der Waals surface area contributed by atoms with Crippen molar-refractivity contribution >= 4 is 23.5 Å². The fourth-order valence-corrected chi connectivity index (χ4v) is 7.01. The van der Waals surface area contributed by atoms with Crippen molar-refractivity contribution < 1.29 is 35.6 Å². The van der Waals surface area contributed by atoms with Crippen LogP contribution in [0.5, 0.6) is 0 Å². The Bertz CT molecular complexity index is 1420. The van der Waals surface area contributed by atoms with Gasteiger partial charge in [0.1, 0.15) is 6.04 Å². The number of halogens is 2. The Balaban J connectivity index is 1.74. The van der Waals surface area contributed by atoms with Gasteiger partial charge in [-0.25, -0.2) is 8.42 Å². The third-order valence-electron chi connectivity index (χ3n) is 6.38. The van der Waals surface area contributed by atoms with Crippen LogP contribution < -0.4 is 10.0 Å². The number of rotatable bonds is 17. The fraction of sp³-hybridized carbons (Fsp3) is 0.367. The minimum Gasteiger partial charge on any atom is -0.355 e. The average molecular weight is 623 g/mol. The first kappa shape index (κ1) is 33.6. The summed E-state index contributed by atoms with van der Waals surface area (Å²) in [5, 5.41) is 2.79. The maximum absolute atomic E-state index is 15.2. The van der Waals surface area contributed by atoms with Crippen molar-refractivity contribution in [2.75, 3.05) is 19.8 Å². The second-order valence-electron chi connectivity index (χ2n) is 9.50. The van der Waals surface area contributed by atoms with E-state index in [4.69, 9.17) is 9.05 Å². The smallest absolute Gasteiger partial charge is 0.355 e. The van der Waals surface area contributed by atoms with Crippen molar-refractivity contribution in [1.82, 2.24) is 10.0 Å². The summed E-state index contributed by atoms with van der Waals surface area (Å²) in [6, 6.07) is 21.2. The molecule has 0 spiro atoms. The minimum atomic E-state index is -4.79. The molecule has 3 rings (SSSR count). The third-order valence-corrected chi connectivity index (χ3v) is 10.0. The largest absolute Gasteiger partial charge is 0.404 e. The molecule has 12 heteroatoms. The van der Waals surface area contributed by atoms with E-state index >= 15 is 8.78 Å². The molecule has 42 heavy (non-hydrogen) atoms. The lowest BCUT2D eigenvalue weighted by atomic mass is 10.0. The van der Waals surface area contributed by atoms with Gasteiger partial charge in [0.05, 0.1) is 18.1 Å². The van der Waals surface area contributed by atoms with E-state index in [1.165, 1.54) is 43.7 Å². The molecule has 0 aliphatic rings. The Morgan fingerprint density at radius 2 is 1.43 bits per heavy atom. The highest BCUT2D eigenvalue weighted by Gasteiger charge is 2.54. The number of carbonyl (C=O) groups is 1. The molecule has 0 radical (unpaired) electrons. The van der Waals surface area contributed by atoms with E-state index in [-0.39, 0.29) is 24.5 Å². The number of hydrogen-bond donors (Lipinski definition) is 2. The van der Waals surface area contributed by atoms with Crippen LogP contribution in [-0.2, 0) is 46.9 Å². The Labute approximate surface area is 246 Å². The molecule has 2 N–H and O–H groups in total. The zero-order valence-corrected chi connectivity index (χ0v) is 25.4. The number of carbonyl (C=O) groups excluding carboxylic acids is 1. The van der Waals surface area contributed by atoms with Crippen LogP contribution in [0, 0.1) is 0 Å². The molecule has 0 saturated heterocycles. The van der Waals surface area contributed by atoms with E-state index in [1.54, 1.807) is 18.2 Å². The Morgan fingerprint density at radius 3 is 2.00 bits per heavy atom. The average Bonchev–Trinajstić information content (AvgIpc) is 2.98. The zero-order valence-electron chi connectivity index (χ0n) is 23.7. The summed E-state index contributed by atoms with van der Waals surface area (Å²) in [5.74, 6) is -0.541. The summed E-state index contributed by atoms with van der Waals surface area (Å²) in [6.07, 6.45) is 2.25. The maximum Gasteiger partial charge on any atom is 0.404 e. The van der Waals surface area contributed by atoms with Gasteiger partial charge in [-0.2, -0.15) is 13.5 Å². The second-order valence-corrected chi connectivity index (χ2v) is 13.3. The van der Waals surface area contributed by atoms with Crippen molar-refractivity contribution in [2.45, 2.75) is 56.1 Å². The standard InChI is InChI=1S/C30H37F2N2O6PS/c1-3-39-41(36,40-4-2)30(31,32)26-20-18-25(19-21-26)23-28(34-42(37,38)27-16-9-6-10-17-27)29(35)33-22-12-11-15-24-13-7-5-8-14-24/h5-10,13-14,16-21,28,34H,3-4,11-12,15,22-23H2,1-2H3,(H,33,35). The molecule has 1 amide bonds. The maximum atomic E-state index is 15.2. The van der Waals surface area contributed by atoms with Gasteiger partial charge in [0.2, 0.25) is 15.9 Å². The number of hydrogen-bond acceptors (Lipinski definition) is 6. The minimum absolute atomic E-state index is 0.0109. The van der Waals surface area contributed by atoms with Gasteiger partial charge >= 0.3 is 13.3 Å². The van der Waals surface area contributed by atoms with Crippen molar-refractivity contribution in [3.63, 3.8) is 0 Å². The van der Waals surface area contributed by atoms with E-state index in [0.717, 1.165) is 25.0 Å². The summed E-state index contributed by atoms with van der Waals surface area (Å²) in [5.41, 5.74) is -2.90. The summed E-state index contributed by atoms with van der Waals surface area (Å²) < 4.78 is 81.3. The summed E-state index contributed by atoms with van der Waals surface area (Å²) in [7, 11) is -8.85. The van der Waals surface area contributed by atoms with Gasteiger partial charge in [-0.1, -0.05) is 72.8 Å². The van der Waals surface area contributed by atoms with Crippen molar-refractivity contribution in [1.29, 1.82) is 0 Å². The molecule has 3 aromatic carbocycles. The molecule has 0 aliphatic heterocycles. The molecule has 0 bridgehead atoms. The topological polar surface area (TPSA) is 111 Å². The molecule has 8 nitrogen and oxygen atoms in total. The highest BCUT2D eigenvalue weighted by atomic mass is 32.2. The second kappa shape index (κ2) is 15.5. The van der Waals surface area contributed by atoms with Crippen molar-refractivity contribution in [2.24, 2.45) is 0 Å². The van der Waals surface area contributed by atoms with Gasteiger partial charge in [-0.05, 0) is 62.8 Å². The molecule has 0 heterocycles. The molecule has 0 aromatic heterocycles. The zero-order chi connectivity index (χ0) is 30.6. The number of nitrogens with one attached hydrogen (secondary N) is 2. The molecular formula is C30H37F2N2O6PS. The van der Waals surface area contributed by atoms with Gasteiger partial charge in [-0.3, -0.25) is 9.36 Å². The number of aryl methyl sites for hydroxylation is 1. The lowest BCUT2D eigenvalue weighted by molar-refractivity contribution is -0.122. The normalized spacial score (nSPS) is 13.0. The van der Waals surface area contributed by atoms with Gasteiger partial charge in [0.15, 0.2) is 0 Å². The molecule has 228 valence electrons. The summed E-state index contributed by atoms with van der Waals surface area (Å²) >= 11 is 0. The first-order valence-electron chi connectivity index (χ1n) is 13.8. The van der Waals surface area contributed by atoms with E-state index < -0.39 is 40.8 Å². The van der Waals surface area contributed by atoms with Crippen molar-refractivity contribution in [3.05, 3.63) is 102 Å². The van der Waals surface area contributed by atoms with Gasteiger partial charge in [0.25, 0.3) is 0 Å². The first-order chi connectivity index (χ1) is 20.0. The lowest BCUT2D eigenvalue weighted by Crippen LogP contribution is -2.48. The monoisotopic (exact) mass is 622 g/mol. The first-order valence-corrected chi connectivity index (χ1v) is 16.8. The number of unbranched alkanes of at least 4 members (excludes halogenated alkanes) is 1. The lowest BCUT2D eigenvalue weighted by Gasteiger charge is -2.26. The van der Waals surface area contributed by atoms with Crippen LogP contribution in [0.4, 0.5) is 8.78 Å². The van der Waals surface area contributed by atoms with Gasteiger partial charge in [0, 0.05) is 12.1 Å². The van der Waals surface area contributed by atoms with Crippen LogP contribution >= 0.6 is 7.60 Å². The van der Waals surface area contributed by atoms with Crippen LogP contribution in [0.1, 0.15) is 43.4 Å². The number of sulfonamides is 1. The highest BCUT2D eigenvalue weighted by Crippen LogP contribution is 2.66. The van der Waals surface area contributed by atoms with Crippen LogP contribution in [0.15, 0.2) is 89.8 Å². The van der Waals surface area contributed by atoms with E-state index in [9.17, 15) is 17.8 Å². The molecule has 0 saturated carbocycles. The molecule has 3 aromatic rings.